The third-order valence-corrected chi connectivity index (χ3v) is 5.84. The standard InChI is InChI=1S/C21H32N4O5S2/c1-31-10-8-15(22)19(27)23-13-18(26)24-16(9-11-32-2)20(28)25-17(21(29)30)12-14-6-4-3-5-7-14/h3-7,15-17H,8-13,22H2,1-2H3,(H,23,27)(H,24,26)(H,25,28)(H,29,30). The maximum absolute atomic E-state index is 12.7. The van der Waals surface area contributed by atoms with Gasteiger partial charge in [0.15, 0.2) is 0 Å². The van der Waals surface area contributed by atoms with Crippen molar-refractivity contribution in [1.82, 2.24) is 16.0 Å². The fourth-order valence-electron chi connectivity index (χ4n) is 2.75. The summed E-state index contributed by atoms with van der Waals surface area (Å²) in [5.74, 6) is -1.42. The first-order valence-corrected chi connectivity index (χ1v) is 12.9. The normalized spacial score (nSPS) is 13.5. The van der Waals surface area contributed by atoms with Crippen LogP contribution in [0.2, 0.25) is 0 Å². The Hall–Kier alpha value is -2.24. The highest BCUT2D eigenvalue weighted by Gasteiger charge is 2.26. The molecule has 0 spiro atoms. The van der Waals surface area contributed by atoms with Crippen LogP contribution in [-0.2, 0) is 25.6 Å². The first-order chi connectivity index (χ1) is 15.3. The smallest absolute Gasteiger partial charge is 0.326 e. The van der Waals surface area contributed by atoms with E-state index in [1.807, 2.05) is 18.6 Å². The van der Waals surface area contributed by atoms with Gasteiger partial charge in [-0.15, -0.1) is 0 Å². The molecular formula is C21H32N4O5S2. The van der Waals surface area contributed by atoms with Crippen LogP contribution in [0.25, 0.3) is 0 Å². The SMILES string of the molecule is CSCCC(N)C(=O)NCC(=O)NC(CCSC)C(=O)NC(Cc1ccccc1)C(=O)O. The maximum Gasteiger partial charge on any atom is 0.326 e. The molecule has 3 unspecified atom stereocenters. The Balaban J connectivity index is 2.68. The van der Waals surface area contributed by atoms with Crippen LogP contribution in [-0.4, -0.2) is 77.5 Å². The van der Waals surface area contributed by atoms with Gasteiger partial charge in [0.05, 0.1) is 12.6 Å². The quantitative estimate of drug-likeness (QED) is 0.237. The van der Waals surface area contributed by atoms with Gasteiger partial charge in [-0.25, -0.2) is 4.79 Å². The second kappa shape index (κ2) is 15.5. The van der Waals surface area contributed by atoms with Crippen molar-refractivity contribution in [1.29, 1.82) is 0 Å². The Labute approximate surface area is 197 Å². The molecule has 0 fully saturated rings. The number of nitrogens with one attached hydrogen (secondary N) is 3. The summed E-state index contributed by atoms with van der Waals surface area (Å²) < 4.78 is 0. The van der Waals surface area contributed by atoms with E-state index in [2.05, 4.69) is 16.0 Å². The van der Waals surface area contributed by atoms with Gasteiger partial charge in [-0.2, -0.15) is 23.5 Å². The molecule has 3 amide bonds. The van der Waals surface area contributed by atoms with E-state index < -0.39 is 41.8 Å². The fourth-order valence-corrected chi connectivity index (χ4v) is 3.71. The fraction of sp³-hybridized carbons (Fsp3) is 0.524. The van der Waals surface area contributed by atoms with E-state index in [0.717, 1.165) is 11.3 Å². The summed E-state index contributed by atoms with van der Waals surface area (Å²) >= 11 is 3.07. The molecule has 0 saturated carbocycles. The summed E-state index contributed by atoms with van der Waals surface area (Å²) in [6, 6.07) is 6.20. The van der Waals surface area contributed by atoms with Crippen molar-refractivity contribution < 1.29 is 24.3 Å². The topological polar surface area (TPSA) is 151 Å². The Morgan fingerprint density at radius 2 is 1.56 bits per heavy atom. The Morgan fingerprint density at radius 3 is 2.16 bits per heavy atom. The van der Waals surface area contributed by atoms with Crippen LogP contribution in [0, 0.1) is 0 Å². The molecule has 11 heteroatoms. The van der Waals surface area contributed by atoms with Gasteiger partial charge in [-0.1, -0.05) is 30.3 Å². The number of benzene rings is 1. The summed E-state index contributed by atoms with van der Waals surface area (Å²) in [5, 5.41) is 17.1. The summed E-state index contributed by atoms with van der Waals surface area (Å²) in [6.07, 6.45) is 4.70. The molecule has 1 aromatic rings. The number of nitrogens with two attached hydrogens (primary N) is 1. The van der Waals surface area contributed by atoms with Crippen molar-refractivity contribution in [2.75, 3.05) is 30.6 Å². The molecular weight excluding hydrogens is 452 g/mol. The van der Waals surface area contributed by atoms with Crippen LogP contribution in [0.5, 0.6) is 0 Å². The van der Waals surface area contributed by atoms with Gasteiger partial charge in [0.1, 0.15) is 12.1 Å². The number of carboxylic acids is 1. The van der Waals surface area contributed by atoms with Crippen molar-refractivity contribution >= 4 is 47.2 Å². The highest BCUT2D eigenvalue weighted by Crippen LogP contribution is 2.06. The second-order valence-corrected chi connectivity index (χ2v) is 9.07. The van der Waals surface area contributed by atoms with Gasteiger partial charge in [0, 0.05) is 6.42 Å². The van der Waals surface area contributed by atoms with Gasteiger partial charge in [0.25, 0.3) is 0 Å². The van der Waals surface area contributed by atoms with Crippen molar-refractivity contribution in [2.45, 2.75) is 37.4 Å². The first-order valence-electron chi connectivity index (χ1n) is 10.2. The number of carbonyl (C=O) groups excluding carboxylic acids is 3. The van der Waals surface area contributed by atoms with Crippen LogP contribution >= 0.6 is 23.5 Å². The summed E-state index contributed by atoms with van der Waals surface area (Å²) in [6.45, 7) is -0.318. The molecule has 3 atom stereocenters. The van der Waals surface area contributed by atoms with E-state index in [1.165, 1.54) is 11.8 Å². The molecule has 9 nitrogen and oxygen atoms in total. The third-order valence-electron chi connectivity index (χ3n) is 4.55. The lowest BCUT2D eigenvalue weighted by Gasteiger charge is -2.22. The molecule has 0 radical (unpaired) electrons. The van der Waals surface area contributed by atoms with Crippen LogP contribution in [0.15, 0.2) is 30.3 Å². The predicted molar refractivity (Wildman–Crippen MR) is 129 cm³/mol. The van der Waals surface area contributed by atoms with E-state index in [1.54, 1.807) is 36.0 Å². The van der Waals surface area contributed by atoms with Crippen LogP contribution in [0.1, 0.15) is 18.4 Å². The van der Waals surface area contributed by atoms with Crippen molar-refractivity contribution in [3.05, 3.63) is 35.9 Å². The van der Waals surface area contributed by atoms with E-state index in [9.17, 15) is 24.3 Å². The number of amides is 3. The van der Waals surface area contributed by atoms with E-state index >= 15 is 0 Å². The van der Waals surface area contributed by atoms with Crippen LogP contribution in [0.4, 0.5) is 0 Å². The lowest BCUT2D eigenvalue weighted by atomic mass is 10.1. The molecule has 178 valence electrons. The molecule has 6 N–H and O–H groups in total. The lowest BCUT2D eigenvalue weighted by Crippen LogP contribution is -2.54. The van der Waals surface area contributed by atoms with Crippen LogP contribution in [0.3, 0.4) is 0 Å². The van der Waals surface area contributed by atoms with Gasteiger partial charge in [-0.05, 0) is 42.4 Å². The summed E-state index contributed by atoms with van der Waals surface area (Å²) in [4.78, 5) is 48.7. The van der Waals surface area contributed by atoms with Gasteiger partial charge < -0.3 is 26.8 Å². The summed E-state index contributed by atoms with van der Waals surface area (Å²) in [7, 11) is 0. The van der Waals surface area contributed by atoms with Crippen molar-refractivity contribution in [2.24, 2.45) is 5.73 Å². The molecule has 0 bridgehead atoms. The molecule has 0 saturated heterocycles. The number of rotatable bonds is 15. The monoisotopic (exact) mass is 484 g/mol. The first kappa shape index (κ1) is 27.8. The minimum atomic E-state index is -1.16. The number of hydrogen-bond donors (Lipinski definition) is 5. The average molecular weight is 485 g/mol. The lowest BCUT2D eigenvalue weighted by molar-refractivity contribution is -0.142. The molecule has 0 heterocycles. The van der Waals surface area contributed by atoms with Gasteiger partial charge >= 0.3 is 5.97 Å². The molecule has 0 aromatic heterocycles. The van der Waals surface area contributed by atoms with Crippen molar-refractivity contribution in [3.63, 3.8) is 0 Å². The molecule has 0 aliphatic rings. The zero-order valence-electron chi connectivity index (χ0n) is 18.3. The highest BCUT2D eigenvalue weighted by molar-refractivity contribution is 7.98. The molecule has 32 heavy (non-hydrogen) atoms. The zero-order chi connectivity index (χ0) is 23.9. The number of aliphatic carboxylic acids is 1. The third kappa shape index (κ3) is 10.9. The Kier molecular flexibility index (Phi) is 13.5. The van der Waals surface area contributed by atoms with Gasteiger partial charge in [-0.3, -0.25) is 14.4 Å². The number of carboxylic acid groups (broad SMARTS) is 1. The minimum absolute atomic E-state index is 0.120. The average Bonchev–Trinajstić information content (AvgIpc) is 2.78. The summed E-state index contributed by atoms with van der Waals surface area (Å²) in [5.41, 5.74) is 6.54. The Bertz CT molecular complexity index is 751. The van der Waals surface area contributed by atoms with Crippen molar-refractivity contribution in [3.8, 4) is 0 Å². The number of thioether (sulfide) groups is 2. The molecule has 0 aliphatic heterocycles. The molecule has 1 aromatic carbocycles. The molecule has 0 aliphatic carbocycles. The second-order valence-electron chi connectivity index (χ2n) is 7.10. The van der Waals surface area contributed by atoms with Crippen LogP contribution < -0.4 is 21.7 Å². The highest BCUT2D eigenvalue weighted by atomic mass is 32.2. The zero-order valence-corrected chi connectivity index (χ0v) is 20.0. The minimum Gasteiger partial charge on any atom is -0.480 e. The van der Waals surface area contributed by atoms with E-state index in [4.69, 9.17) is 5.73 Å². The van der Waals surface area contributed by atoms with E-state index in [-0.39, 0.29) is 13.0 Å². The Morgan fingerprint density at radius 1 is 0.938 bits per heavy atom. The van der Waals surface area contributed by atoms with E-state index in [0.29, 0.717) is 18.6 Å². The molecule has 1 rings (SSSR count). The predicted octanol–water partition coefficient (Wildman–Crippen LogP) is 0.233. The number of carbonyl (C=O) groups is 4. The number of hydrogen-bond acceptors (Lipinski definition) is 7. The largest absolute Gasteiger partial charge is 0.480 e. The van der Waals surface area contributed by atoms with Gasteiger partial charge in [0.2, 0.25) is 17.7 Å². The maximum atomic E-state index is 12.7.